The molecule has 1 atom stereocenters. The molecular formula is C60H55IO2. The molecule has 0 spiro atoms. The van der Waals surface area contributed by atoms with Crippen LogP contribution < -0.4 is 0 Å². The second-order valence-corrected chi connectivity index (χ2v) is 20.8. The highest BCUT2D eigenvalue weighted by Gasteiger charge is 2.45. The number of hydrogen-bond acceptors (Lipinski definition) is 2. The molecule has 0 N–H and O–H groups in total. The zero-order valence-electron chi connectivity index (χ0n) is 37.5. The lowest BCUT2D eigenvalue weighted by Gasteiger charge is -2.35. The predicted octanol–water partition coefficient (Wildman–Crippen LogP) is 16.6. The van der Waals surface area contributed by atoms with E-state index in [4.69, 9.17) is 11.3 Å². The number of unbranched alkanes of at least 4 members (excludes halogenated alkanes) is 2. The molecule has 2 aliphatic carbocycles. The molecule has 0 aliphatic heterocycles. The number of carbonyl (C=O) groups excluding carboxylic acids is 1. The molecule has 0 saturated carbocycles. The molecule has 63 heavy (non-hydrogen) atoms. The summed E-state index contributed by atoms with van der Waals surface area (Å²) in [4.78, 5) is 11.7. The zero-order valence-corrected chi connectivity index (χ0v) is 39.6. The lowest BCUT2D eigenvalue weighted by atomic mass is 9.68. The monoisotopic (exact) mass is 934 g/mol. The van der Waals surface area contributed by atoms with Crippen molar-refractivity contribution in [3.8, 4) is 44.5 Å². The molecule has 1 unspecified atom stereocenters. The van der Waals surface area contributed by atoms with Gasteiger partial charge in [0.2, 0.25) is 0 Å². The number of rotatable bonds is 11. The van der Waals surface area contributed by atoms with Gasteiger partial charge in [0.1, 0.15) is 0 Å². The molecule has 0 radical (unpaired) electrons. The molecule has 0 amide bonds. The Morgan fingerprint density at radius 2 is 1.17 bits per heavy atom. The lowest BCUT2D eigenvalue weighted by Crippen LogP contribution is -2.27. The Labute approximate surface area is 386 Å². The van der Waals surface area contributed by atoms with E-state index in [9.17, 15) is 4.79 Å². The van der Waals surface area contributed by atoms with E-state index in [0.29, 0.717) is 6.61 Å². The molecule has 2 aliphatic rings. The number of halogens is 1. The van der Waals surface area contributed by atoms with Gasteiger partial charge < -0.3 is 4.74 Å². The molecule has 3 heteroatoms. The molecule has 10 rings (SSSR count). The number of esters is 1. The minimum Gasteiger partial charge on any atom is -0.463 e. The van der Waals surface area contributed by atoms with E-state index in [1.54, 1.807) is 0 Å². The van der Waals surface area contributed by atoms with Gasteiger partial charge in [-0.3, -0.25) is 0 Å². The van der Waals surface area contributed by atoms with Gasteiger partial charge in [-0.15, -0.1) is 0 Å². The van der Waals surface area contributed by atoms with Gasteiger partial charge in [0.05, 0.1) is 6.61 Å². The predicted molar refractivity (Wildman–Crippen MR) is 275 cm³/mol. The smallest absolute Gasteiger partial charge is 0.330 e. The highest BCUT2D eigenvalue weighted by Crippen LogP contribution is 2.57. The molecule has 0 heterocycles. The van der Waals surface area contributed by atoms with E-state index in [2.05, 4.69) is 192 Å². The fraction of sp³-hybridized carbons (Fsp3) is 0.250. The van der Waals surface area contributed by atoms with E-state index in [1.807, 2.05) is 0 Å². The van der Waals surface area contributed by atoms with E-state index in [-0.39, 0.29) is 22.2 Å². The maximum Gasteiger partial charge on any atom is 0.330 e. The third-order valence-electron chi connectivity index (χ3n) is 14.6. The van der Waals surface area contributed by atoms with Crippen LogP contribution in [0.2, 0.25) is 0 Å². The summed E-state index contributed by atoms with van der Waals surface area (Å²) < 4.78 is 6.55. The standard InChI is InChI=1S/C60H55IO2/c1-9-36(3)60(28-12-11-13-29-63-55(62)10-2)53-33-39(18-24-48(53)49-27-21-44(61)35-54(49)60)38-17-23-46-47-25-19-40(34-52(47)59(7,8)51(46)32-38)45-22-16-37-14-15-41-30-43(58(4,5)6)31-42-20-26-50(45)57(37)56(41)42/h10,14-27,30-35H,2-3,9,11-13,28-29H2,1,4-8H3. The second kappa shape index (κ2) is 15.3. The molecular weight excluding hydrogens is 880 g/mol. The summed E-state index contributed by atoms with van der Waals surface area (Å²) in [6.45, 7) is 22.7. The summed E-state index contributed by atoms with van der Waals surface area (Å²) in [7, 11) is 0. The third kappa shape index (κ3) is 6.59. The van der Waals surface area contributed by atoms with Crippen molar-refractivity contribution >= 4 is 60.9 Å². The van der Waals surface area contributed by atoms with Crippen molar-refractivity contribution in [2.45, 2.75) is 89.9 Å². The van der Waals surface area contributed by atoms with Gasteiger partial charge in [-0.05, 0) is 182 Å². The number of allylic oxidation sites excluding steroid dienone is 1. The Kier molecular flexibility index (Phi) is 10.1. The number of ether oxygens (including phenoxy) is 1. The van der Waals surface area contributed by atoms with Crippen LogP contribution in [0.25, 0.3) is 76.8 Å². The van der Waals surface area contributed by atoms with Gasteiger partial charge in [-0.25, -0.2) is 4.79 Å². The average molecular weight is 935 g/mol. The normalized spacial score (nSPS) is 16.0. The van der Waals surface area contributed by atoms with Crippen LogP contribution in [-0.4, -0.2) is 12.6 Å². The molecule has 8 aromatic rings. The first-order valence-electron chi connectivity index (χ1n) is 22.7. The highest BCUT2D eigenvalue weighted by atomic mass is 127. The molecule has 0 saturated heterocycles. The van der Waals surface area contributed by atoms with E-state index >= 15 is 0 Å². The Hall–Kier alpha value is -5.52. The Bertz CT molecular complexity index is 3170. The van der Waals surface area contributed by atoms with Gasteiger partial charge >= 0.3 is 5.97 Å². The van der Waals surface area contributed by atoms with Crippen LogP contribution in [0.3, 0.4) is 0 Å². The summed E-state index contributed by atoms with van der Waals surface area (Å²) in [6, 6.07) is 47.2. The zero-order chi connectivity index (χ0) is 44.0. The maximum atomic E-state index is 11.7. The number of benzene rings is 8. The minimum absolute atomic E-state index is 0.0846. The van der Waals surface area contributed by atoms with Crippen molar-refractivity contribution in [2.75, 3.05) is 6.61 Å². The van der Waals surface area contributed by atoms with Crippen LogP contribution in [0.1, 0.15) is 101 Å². The molecule has 0 aromatic heterocycles. The number of fused-ring (bicyclic) bond motifs is 6. The Balaban J connectivity index is 1.01. The van der Waals surface area contributed by atoms with Crippen LogP contribution in [-0.2, 0) is 25.8 Å². The van der Waals surface area contributed by atoms with Crippen molar-refractivity contribution in [3.05, 3.63) is 178 Å². The summed E-state index contributed by atoms with van der Waals surface area (Å²) >= 11 is 2.46. The third-order valence-corrected chi connectivity index (χ3v) is 15.3. The largest absolute Gasteiger partial charge is 0.463 e. The molecule has 2 nitrogen and oxygen atoms in total. The van der Waals surface area contributed by atoms with Gasteiger partial charge in [0.15, 0.2) is 0 Å². The van der Waals surface area contributed by atoms with E-state index in [0.717, 1.165) is 32.1 Å². The van der Waals surface area contributed by atoms with Gasteiger partial charge in [-0.1, -0.05) is 164 Å². The Morgan fingerprint density at radius 1 is 0.635 bits per heavy atom. The molecule has 0 bridgehead atoms. The van der Waals surface area contributed by atoms with Gasteiger partial charge in [-0.2, -0.15) is 0 Å². The summed E-state index contributed by atoms with van der Waals surface area (Å²) in [5.41, 5.74) is 18.0. The number of carbonyl (C=O) groups is 1. The van der Waals surface area contributed by atoms with Crippen molar-refractivity contribution in [3.63, 3.8) is 0 Å². The second-order valence-electron chi connectivity index (χ2n) is 19.6. The quantitative estimate of drug-likeness (QED) is 0.0323. The van der Waals surface area contributed by atoms with E-state index < -0.39 is 0 Å². The van der Waals surface area contributed by atoms with Crippen LogP contribution in [0.4, 0.5) is 0 Å². The number of hydrogen-bond donors (Lipinski definition) is 0. The SMILES string of the molecule is C=CC(=O)OCCCCCC1(C(=C)CC)c2cc(I)ccc2-c2ccc(-c3ccc4c(c3)C(C)(C)c3cc(-c5ccc6ccc7cc(C(C)(C)C)cc8ccc5c6c78)ccc3-4)cc21. The van der Waals surface area contributed by atoms with Crippen LogP contribution in [0.5, 0.6) is 0 Å². The van der Waals surface area contributed by atoms with Crippen LogP contribution >= 0.6 is 22.6 Å². The van der Waals surface area contributed by atoms with E-state index in [1.165, 1.54) is 120 Å². The fourth-order valence-corrected chi connectivity index (χ4v) is 11.7. The van der Waals surface area contributed by atoms with Gasteiger partial charge in [0.25, 0.3) is 0 Å². The summed E-state index contributed by atoms with van der Waals surface area (Å²) in [5, 5.41) is 7.97. The first kappa shape index (κ1) is 41.5. The topological polar surface area (TPSA) is 26.3 Å². The molecule has 314 valence electrons. The summed E-state index contributed by atoms with van der Waals surface area (Å²) in [5.74, 6) is -0.357. The highest BCUT2D eigenvalue weighted by molar-refractivity contribution is 14.1. The van der Waals surface area contributed by atoms with Crippen molar-refractivity contribution in [1.82, 2.24) is 0 Å². The van der Waals surface area contributed by atoms with Gasteiger partial charge in [0, 0.05) is 20.5 Å². The first-order chi connectivity index (χ1) is 30.2. The first-order valence-corrected chi connectivity index (χ1v) is 23.8. The maximum absolute atomic E-state index is 11.7. The Morgan fingerprint density at radius 3 is 1.83 bits per heavy atom. The minimum atomic E-state index is -0.357. The fourth-order valence-electron chi connectivity index (χ4n) is 11.2. The van der Waals surface area contributed by atoms with Crippen LogP contribution in [0.15, 0.2) is 146 Å². The van der Waals surface area contributed by atoms with Crippen molar-refractivity contribution < 1.29 is 9.53 Å². The van der Waals surface area contributed by atoms with Crippen LogP contribution in [0, 0.1) is 3.57 Å². The average Bonchev–Trinajstić information content (AvgIpc) is 3.68. The lowest BCUT2D eigenvalue weighted by molar-refractivity contribution is -0.137. The summed E-state index contributed by atoms with van der Waals surface area (Å²) in [6.07, 6.45) is 5.88. The van der Waals surface area contributed by atoms with Crippen molar-refractivity contribution in [1.29, 1.82) is 0 Å². The molecule has 8 aromatic carbocycles. The molecule has 0 fully saturated rings. The van der Waals surface area contributed by atoms with Crippen molar-refractivity contribution in [2.24, 2.45) is 0 Å².